The molecular formula is C32H24ClFN2O5. The number of hydrogen-bond acceptors (Lipinski definition) is 7. The second-order valence-electron chi connectivity index (χ2n) is 9.04. The molecule has 1 heterocycles. The Hall–Kier alpha value is -5.00. The normalized spacial score (nSPS) is 14.0. The average Bonchev–Trinajstić information content (AvgIpc) is 2.97. The maximum Gasteiger partial charge on any atom is 0.343 e. The fraction of sp³-hybridized carbons (Fsp3) is 0.125. The van der Waals surface area contributed by atoms with Gasteiger partial charge in [0.1, 0.15) is 35.6 Å². The Morgan fingerprint density at radius 2 is 1.80 bits per heavy atom. The van der Waals surface area contributed by atoms with Crippen LogP contribution >= 0.6 is 11.6 Å². The molecule has 0 fully saturated rings. The number of nitrogens with two attached hydrogens (primary N) is 1. The maximum absolute atomic E-state index is 14.1. The smallest absolute Gasteiger partial charge is 0.343 e. The first kappa shape index (κ1) is 27.6. The highest BCUT2D eigenvalue weighted by Crippen LogP contribution is 2.45. The van der Waals surface area contributed by atoms with Crippen molar-refractivity contribution in [3.63, 3.8) is 0 Å². The first-order valence-electron chi connectivity index (χ1n) is 12.7. The molecule has 1 aliphatic rings. The van der Waals surface area contributed by atoms with Crippen molar-refractivity contribution < 1.29 is 28.1 Å². The third-order valence-corrected chi connectivity index (χ3v) is 6.67. The molecule has 5 rings (SSSR count). The molecule has 1 atom stereocenters. The predicted octanol–water partition coefficient (Wildman–Crippen LogP) is 6.89. The summed E-state index contributed by atoms with van der Waals surface area (Å²) in [7, 11) is 0. The van der Waals surface area contributed by atoms with E-state index in [1.165, 1.54) is 6.07 Å². The summed E-state index contributed by atoms with van der Waals surface area (Å²) in [6.45, 7) is 2.21. The maximum atomic E-state index is 14.1. The van der Waals surface area contributed by atoms with Gasteiger partial charge in [-0.2, -0.15) is 5.26 Å². The first-order chi connectivity index (χ1) is 19.9. The van der Waals surface area contributed by atoms with Gasteiger partial charge in [-0.15, -0.1) is 0 Å². The van der Waals surface area contributed by atoms with Gasteiger partial charge in [0, 0.05) is 22.2 Å². The van der Waals surface area contributed by atoms with Crippen molar-refractivity contribution >= 4 is 17.6 Å². The monoisotopic (exact) mass is 570 g/mol. The van der Waals surface area contributed by atoms with Crippen LogP contribution in [0.2, 0.25) is 5.02 Å². The van der Waals surface area contributed by atoms with Crippen LogP contribution in [0.25, 0.3) is 0 Å². The van der Waals surface area contributed by atoms with E-state index in [0.717, 1.165) is 0 Å². The summed E-state index contributed by atoms with van der Waals surface area (Å²) in [6, 6.07) is 25.0. The molecule has 7 nitrogen and oxygen atoms in total. The molecule has 0 amide bonds. The molecular weight excluding hydrogens is 547 g/mol. The number of rotatable bonds is 8. The van der Waals surface area contributed by atoms with Crippen LogP contribution in [0, 0.1) is 17.1 Å². The van der Waals surface area contributed by atoms with E-state index in [1.807, 2.05) is 6.92 Å². The Labute approximate surface area is 241 Å². The molecule has 0 saturated heterocycles. The molecule has 9 heteroatoms. The van der Waals surface area contributed by atoms with Crippen LogP contribution in [-0.4, -0.2) is 12.6 Å². The van der Waals surface area contributed by atoms with Crippen LogP contribution in [0.3, 0.4) is 0 Å². The standard InChI is InChI=1S/C32H24ClFN2O5/c1-2-38-29-15-20(9-14-27(29)39-18-21-5-3-4-6-26(21)34)30-24-13-12-23(16-28(24)41-31(36)25(30)17-35)40-32(37)19-7-10-22(33)11-8-19/h3-16,30H,2,18,36H2,1H3. The second kappa shape index (κ2) is 12.0. The summed E-state index contributed by atoms with van der Waals surface area (Å²) >= 11 is 5.90. The number of ether oxygens (including phenoxy) is 4. The highest BCUT2D eigenvalue weighted by atomic mass is 35.5. The third kappa shape index (κ3) is 5.96. The SMILES string of the molecule is CCOc1cc(C2C(C#N)=C(N)Oc3cc(OC(=O)c4ccc(Cl)cc4)ccc32)ccc1OCc1ccccc1F. The van der Waals surface area contributed by atoms with E-state index in [1.54, 1.807) is 78.9 Å². The Bertz CT molecular complexity index is 1680. The summed E-state index contributed by atoms with van der Waals surface area (Å²) < 4.78 is 37.1. The zero-order valence-corrected chi connectivity index (χ0v) is 22.7. The fourth-order valence-corrected chi connectivity index (χ4v) is 4.58. The summed E-state index contributed by atoms with van der Waals surface area (Å²) in [5.74, 6) is -0.160. The minimum absolute atomic E-state index is 0.0139. The van der Waals surface area contributed by atoms with E-state index in [2.05, 4.69) is 6.07 Å². The average molecular weight is 571 g/mol. The molecule has 0 aliphatic carbocycles. The van der Waals surface area contributed by atoms with Crippen LogP contribution in [0.4, 0.5) is 4.39 Å². The molecule has 41 heavy (non-hydrogen) atoms. The van der Waals surface area contributed by atoms with Crippen LogP contribution in [0.15, 0.2) is 96.4 Å². The number of halogens is 2. The molecule has 206 valence electrons. The Balaban J connectivity index is 1.45. The van der Waals surface area contributed by atoms with Gasteiger partial charge in [0.2, 0.25) is 5.88 Å². The lowest BCUT2D eigenvalue weighted by Crippen LogP contribution is -2.21. The number of fused-ring (bicyclic) bond motifs is 1. The van der Waals surface area contributed by atoms with Crippen molar-refractivity contribution in [1.82, 2.24) is 0 Å². The molecule has 4 aromatic rings. The van der Waals surface area contributed by atoms with Gasteiger partial charge in [-0.1, -0.05) is 41.9 Å². The summed E-state index contributed by atoms with van der Waals surface area (Å²) in [5.41, 5.74) is 8.46. The summed E-state index contributed by atoms with van der Waals surface area (Å²) in [5, 5.41) is 10.5. The highest BCUT2D eigenvalue weighted by molar-refractivity contribution is 6.30. The van der Waals surface area contributed by atoms with E-state index >= 15 is 0 Å². The minimum atomic E-state index is -0.593. The zero-order valence-electron chi connectivity index (χ0n) is 21.9. The number of esters is 1. The lowest BCUT2D eigenvalue weighted by molar-refractivity contribution is 0.0734. The number of carbonyl (C=O) groups excluding carboxylic acids is 1. The van der Waals surface area contributed by atoms with Gasteiger partial charge in [0.15, 0.2) is 11.5 Å². The predicted molar refractivity (Wildman–Crippen MR) is 150 cm³/mol. The molecule has 0 radical (unpaired) electrons. The number of nitrogens with zero attached hydrogens (tertiary/aromatic N) is 1. The Morgan fingerprint density at radius 3 is 2.54 bits per heavy atom. The highest BCUT2D eigenvalue weighted by Gasteiger charge is 2.32. The molecule has 0 bridgehead atoms. The molecule has 4 aromatic carbocycles. The third-order valence-electron chi connectivity index (χ3n) is 6.42. The molecule has 1 aliphatic heterocycles. The Morgan fingerprint density at radius 1 is 1.02 bits per heavy atom. The van der Waals surface area contributed by atoms with Gasteiger partial charge in [-0.05, 0) is 61.0 Å². The number of benzene rings is 4. The van der Waals surface area contributed by atoms with Crippen molar-refractivity contribution in [3.8, 4) is 29.1 Å². The van der Waals surface area contributed by atoms with E-state index in [4.69, 9.17) is 36.3 Å². The summed E-state index contributed by atoms with van der Waals surface area (Å²) in [4.78, 5) is 12.6. The van der Waals surface area contributed by atoms with E-state index in [9.17, 15) is 14.4 Å². The van der Waals surface area contributed by atoms with Crippen LogP contribution < -0.4 is 24.7 Å². The molecule has 2 N–H and O–H groups in total. The number of allylic oxidation sites excluding steroid dienone is 1. The molecule has 1 unspecified atom stereocenters. The Kier molecular flexibility index (Phi) is 8.09. The second-order valence-corrected chi connectivity index (χ2v) is 9.48. The summed E-state index contributed by atoms with van der Waals surface area (Å²) in [6.07, 6.45) is 0. The number of hydrogen-bond donors (Lipinski definition) is 1. The van der Waals surface area contributed by atoms with Gasteiger partial charge in [0.05, 0.1) is 18.1 Å². The van der Waals surface area contributed by atoms with Crippen molar-refractivity contribution in [3.05, 3.63) is 129 Å². The van der Waals surface area contributed by atoms with Crippen molar-refractivity contribution in [2.75, 3.05) is 6.61 Å². The topological polar surface area (TPSA) is 104 Å². The van der Waals surface area contributed by atoms with Crippen molar-refractivity contribution in [1.29, 1.82) is 5.26 Å². The lowest BCUT2D eigenvalue weighted by Gasteiger charge is -2.27. The molecule has 0 saturated carbocycles. The fourth-order valence-electron chi connectivity index (χ4n) is 4.46. The van der Waals surface area contributed by atoms with Gasteiger partial charge >= 0.3 is 5.97 Å². The van der Waals surface area contributed by atoms with E-state index in [0.29, 0.717) is 51.1 Å². The quantitative estimate of drug-likeness (QED) is 0.182. The number of nitriles is 1. The van der Waals surface area contributed by atoms with Gasteiger partial charge in [0.25, 0.3) is 0 Å². The van der Waals surface area contributed by atoms with Crippen molar-refractivity contribution in [2.45, 2.75) is 19.4 Å². The number of carbonyl (C=O) groups is 1. The van der Waals surface area contributed by atoms with E-state index in [-0.39, 0.29) is 29.6 Å². The van der Waals surface area contributed by atoms with Gasteiger partial charge < -0.3 is 24.7 Å². The lowest BCUT2D eigenvalue weighted by atomic mass is 9.83. The minimum Gasteiger partial charge on any atom is -0.490 e. The van der Waals surface area contributed by atoms with Crippen LogP contribution in [0.5, 0.6) is 23.0 Å². The van der Waals surface area contributed by atoms with Crippen LogP contribution in [0.1, 0.15) is 39.9 Å². The zero-order chi connectivity index (χ0) is 28.9. The van der Waals surface area contributed by atoms with Gasteiger partial charge in [-0.25, -0.2) is 9.18 Å². The van der Waals surface area contributed by atoms with Gasteiger partial charge in [-0.3, -0.25) is 0 Å². The van der Waals surface area contributed by atoms with Crippen molar-refractivity contribution in [2.24, 2.45) is 5.73 Å². The molecule has 0 aromatic heterocycles. The van der Waals surface area contributed by atoms with Crippen LogP contribution in [-0.2, 0) is 6.61 Å². The molecule has 0 spiro atoms. The van der Waals surface area contributed by atoms with E-state index < -0.39 is 11.9 Å². The largest absolute Gasteiger partial charge is 0.490 e. The first-order valence-corrected chi connectivity index (χ1v) is 13.1.